The van der Waals surface area contributed by atoms with E-state index in [0.29, 0.717) is 11.3 Å². The second kappa shape index (κ2) is 5.81. The summed E-state index contributed by atoms with van der Waals surface area (Å²) in [6.45, 7) is 0. The van der Waals surface area contributed by atoms with Crippen LogP contribution >= 0.6 is 0 Å². The molecule has 3 aromatic rings. The van der Waals surface area contributed by atoms with Gasteiger partial charge in [-0.05, 0) is 43.2 Å². The minimum Gasteiger partial charge on any atom is -0.326 e. The lowest BCUT2D eigenvalue weighted by Gasteiger charge is -2.09. The molecule has 1 aliphatic rings. The molecule has 0 radical (unpaired) electrons. The number of amides is 2. The maximum atomic E-state index is 12.5. The molecule has 120 valence electrons. The van der Waals surface area contributed by atoms with E-state index in [1.54, 1.807) is 35.3 Å². The highest BCUT2D eigenvalue weighted by molar-refractivity contribution is 6.02. The summed E-state index contributed by atoms with van der Waals surface area (Å²) in [5.74, 6) is -0.117. The van der Waals surface area contributed by atoms with Gasteiger partial charge >= 0.3 is 0 Å². The van der Waals surface area contributed by atoms with Crippen molar-refractivity contribution < 1.29 is 9.59 Å². The number of carbonyl (C=O) groups excluding carboxylic acids is 2. The van der Waals surface area contributed by atoms with Crippen LogP contribution in [0.3, 0.4) is 0 Å². The molecule has 0 aliphatic heterocycles. The fourth-order valence-corrected chi connectivity index (χ4v) is 2.55. The van der Waals surface area contributed by atoms with Gasteiger partial charge in [0.05, 0.1) is 11.0 Å². The largest absolute Gasteiger partial charge is 0.326 e. The third-order valence-electron chi connectivity index (χ3n) is 4.02. The van der Waals surface area contributed by atoms with Crippen LogP contribution in [0.5, 0.6) is 0 Å². The van der Waals surface area contributed by atoms with E-state index in [2.05, 4.69) is 15.7 Å². The topological polar surface area (TPSA) is 76.0 Å². The molecular weight excluding hydrogens is 304 g/mol. The van der Waals surface area contributed by atoms with E-state index in [1.165, 1.54) is 0 Å². The molecule has 1 saturated carbocycles. The summed E-state index contributed by atoms with van der Waals surface area (Å²) < 4.78 is 1.59. The van der Waals surface area contributed by atoms with Crippen molar-refractivity contribution in [2.24, 2.45) is 5.92 Å². The predicted octanol–water partition coefficient (Wildman–Crippen LogP) is 2.77. The number of hydrogen-bond donors (Lipinski definition) is 2. The lowest BCUT2D eigenvalue weighted by molar-refractivity contribution is -0.117. The number of fused-ring (bicyclic) bond motifs is 1. The van der Waals surface area contributed by atoms with E-state index in [0.717, 1.165) is 23.9 Å². The van der Waals surface area contributed by atoms with Crippen LogP contribution in [-0.4, -0.2) is 21.5 Å². The van der Waals surface area contributed by atoms with Crippen LogP contribution in [0, 0.1) is 5.92 Å². The van der Waals surface area contributed by atoms with Gasteiger partial charge in [-0.1, -0.05) is 18.2 Å². The van der Waals surface area contributed by atoms with E-state index in [9.17, 15) is 9.59 Å². The Kier molecular flexibility index (Phi) is 3.49. The molecule has 0 bridgehead atoms. The summed E-state index contributed by atoms with van der Waals surface area (Å²) in [7, 11) is 0. The summed E-state index contributed by atoms with van der Waals surface area (Å²) in [5.41, 5.74) is 5.54. The number of imidazole rings is 1. The van der Waals surface area contributed by atoms with Crippen molar-refractivity contribution in [1.82, 2.24) is 9.66 Å². The molecule has 1 aliphatic carbocycles. The zero-order valence-electron chi connectivity index (χ0n) is 12.9. The molecule has 0 atom stereocenters. The van der Waals surface area contributed by atoms with Gasteiger partial charge in [0, 0.05) is 17.2 Å². The highest BCUT2D eigenvalue weighted by atomic mass is 16.2. The van der Waals surface area contributed by atoms with Crippen molar-refractivity contribution in [2.45, 2.75) is 12.8 Å². The van der Waals surface area contributed by atoms with Gasteiger partial charge in [0.25, 0.3) is 5.91 Å². The molecule has 6 nitrogen and oxygen atoms in total. The van der Waals surface area contributed by atoms with Gasteiger partial charge in [-0.15, -0.1) is 0 Å². The van der Waals surface area contributed by atoms with E-state index in [1.807, 2.05) is 24.3 Å². The normalized spacial score (nSPS) is 13.7. The van der Waals surface area contributed by atoms with Crippen molar-refractivity contribution >= 4 is 28.5 Å². The Hall–Kier alpha value is -3.15. The zero-order chi connectivity index (χ0) is 16.5. The lowest BCUT2D eigenvalue weighted by Crippen LogP contribution is -2.22. The van der Waals surface area contributed by atoms with Crippen molar-refractivity contribution in [3.63, 3.8) is 0 Å². The van der Waals surface area contributed by atoms with Crippen LogP contribution in [0.25, 0.3) is 11.0 Å². The van der Waals surface area contributed by atoms with E-state index >= 15 is 0 Å². The van der Waals surface area contributed by atoms with Gasteiger partial charge in [-0.2, -0.15) is 0 Å². The summed E-state index contributed by atoms with van der Waals surface area (Å²) in [6.07, 6.45) is 3.46. The Morgan fingerprint density at radius 2 is 1.92 bits per heavy atom. The first kappa shape index (κ1) is 14.4. The maximum absolute atomic E-state index is 12.5. The summed E-state index contributed by atoms with van der Waals surface area (Å²) in [4.78, 5) is 28.5. The monoisotopic (exact) mass is 320 g/mol. The average Bonchev–Trinajstić information content (AvgIpc) is 3.38. The predicted molar refractivity (Wildman–Crippen MR) is 91.2 cm³/mol. The van der Waals surface area contributed by atoms with E-state index < -0.39 is 0 Å². The van der Waals surface area contributed by atoms with Crippen molar-refractivity contribution in [2.75, 3.05) is 10.7 Å². The number of carbonyl (C=O) groups is 2. The number of nitrogens with one attached hydrogen (secondary N) is 2. The molecule has 1 fully saturated rings. The quantitative estimate of drug-likeness (QED) is 0.776. The van der Waals surface area contributed by atoms with E-state index in [-0.39, 0.29) is 17.7 Å². The number of hydrogen-bond acceptors (Lipinski definition) is 3. The van der Waals surface area contributed by atoms with Crippen LogP contribution in [0.15, 0.2) is 54.9 Å². The molecule has 4 rings (SSSR count). The van der Waals surface area contributed by atoms with Crippen molar-refractivity contribution in [3.8, 4) is 0 Å². The van der Waals surface area contributed by atoms with E-state index in [4.69, 9.17) is 0 Å². The maximum Gasteiger partial charge on any atom is 0.270 e. The number of benzene rings is 2. The second-order valence-electron chi connectivity index (χ2n) is 5.89. The number of para-hydroxylation sites is 2. The van der Waals surface area contributed by atoms with Gasteiger partial charge in [0.15, 0.2) is 0 Å². The molecule has 2 aromatic carbocycles. The molecule has 6 heteroatoms. The Morgan fingerprint density at radius 1 is 1.08 bits per heavy atom. The van der Waals surface area contributed by atoms with Gasteiger partial charge in [0.1, 0.15) is 6.33 Å². The molecule has 1 heterocycles. The lowest BCUT2D eigenvalue weighted by atomic mass is 10.2. The fraction of sp³-hybridized carbons (Fsp3) is 0.167. The second-order valence-corrected chi connectivity index (χ2v) is 5.89. The minimum absolute atomic E-state index is 0.0214. The first-order chi connectivity index (χ1) is 11.7. The number of anilines is 1. The number of nitrogens with zero attached hydrogens (tertiary/aromatic N) is 2. The number of rotatable bonds is 4. The Labute approximate surface area is 138 Å². The standard InChI is InChI=1S/C18H16N4O2/c23-17(12-8-9-12)20-14-5-3-4-13(10-14)18(24)21-22-11-19-15-6-1-2-7-16(15)22/h1-7,10-12H,8-9H2,(H,20,23)(H,21,24). The summed E-state index contributed by atoms with van der Waals surface area (Å²) >= 11 is 0. The van der Waals surface area contributed by atoms with Crippen LogP contribution in [-0.2, 0) is 4.79 Å². The molecule has 24 heavy (non-hydrogen) atoms. The Balaban J connectivity index is 1.52. The zero-order valence-corrected chi connectivity index (χ0v) is 12.9. The SMILES string of the molecule is O=C(Nn1cnc2ccccc21)c1cccc(NC(=O)C2CC2)c1. The first-order valence-corrected chi connectivity index (χ1v) is 7.85. The molecule has 2 N–H and O–H groups in total. The van der Waals surface area contributed by atoms with Crippen LogP contribution in [0.1, 0.15) is 23.2 Å². The van der Waals surface area contributed by atoms with Gasteiger partial charge in [-0.25, -0.2) is 9.66 Å². The molecular formula is C18H16N4O2. The highest BCUT2D eigenvalue weighted by Gasteiger charge is 2.29. The van der Waals surface area contributed by atoms with Gasteiger partial charge in [0.2, 0.25) is 5.91 Å². The van der Waals surface area contributed by atoms with Crippen LogP contribution in [0.2, 0.25) is 0 Å². The van der Waals surface area contributed by atoms with Crippen LogP contribution in [0.4, 0.5) is 5.69 Å². The molecule has 1 aromatic heterocycles. The highest BCUT2D eigenvalue weighted by Crippen LogP contribution is 2.30. The molecule has 0 spiro atoms. The van der Waals surface area contributed by atoms with Gasteiger partial charge < -0.3 is 5.32 Å². The summed E-state index contributed by atoms with van der Waals surface area (Å²) in [6, 6.07) is 14.5. The third kappa shape index (κ3) is 2.86. The van der Waals surface area contributed by atoms with Crippen LogP contribution < -0.4 is 10.7 Å². The molecule has 0 unspecified atom stereocenters. The molecule has 2 amide bonds. The van der Waals surface area contributed by atoms with Crippen molar-refractivity contribution in [3.05, 3.63) is 60.4 Å². The number of aromatic nitrogens is 2. The fourth-order valence-electron chi connectivity index (χ4n) is 2.55. The smallest absolute Gasteiger partial charge is 0.270 e. The summed E-state index contributed by atoms with van der Waals surface area (Å²) in [5, 5.41) is 2.85. The first-order valence-electron chi connectivity index (χ1n) is 7.85. The van der Waals surface area contributed by atoms with Gasteiger partial charge in [-0.3, -0.25) is 15.0 Å². The molecule has 0 saturated heterocycles. The third-order valence-corrected chi connectivity index (χ3v) is 4.02. The van der Waals surface area contributed by atoms with Crippen molar-refractivity contribution in [1.29, 1.82) is 0 Å². The Bertz CT molecular complexity index is 927. The average molecular weight is 320 g/mol. The minimum atomic E-state index is -0.263. The Morgan fingerprint density at radius 3 is 2.75 bits per heavy atom.